The maximum atomic E-state index is 12.3. The quantitative estimate of drug-likeness (QED) is 0.825. The predicted octanol–water partition coefficient (Wildman–Crippen LogP) is 1.22. The van der Waals surface area contributed by atoms with E-state index in [9.17, 15) is 8.42 Å². The van der Waals surface area contributed by atoms with E-state index in [-0.39, 0.29) is 16.9 Å². The smallest absolute Gasteiger partial charge is 0.244 e. The molecule has 0 bridgehead atoms. The molecule has 1 saturated heterocycles. The first-order valence-electron chi connectivity index (χ1n) is 6.81. The zero-order valence-corrected chi connectivity index (χ0v) is 12.6. The molecule has 1 aliphatic rings. The summed E-state index contributed by atoms with van der Waals surface area (Å²) < 4.78 is 32.9. The summed E-state index contributed by atoms with van der Waals surface area (Å²) in [6.45, 7) is 3.16. The van der Waals surface area contributed by atoms with Crippen LogP contribution >= 0.6 is 0 Å². The molecule has 112 valence electrons. The molecule has 0 aliphatic carbocycles. The van der Waals surface area contributed by atoms with Gasteiger partial charge in [0, 0.05) is 38.5 Å². The van der Waals surface area contributed by atoms with Crippen LogP contribution in [0.4, 0.5) is 5.69 Å². The Bertz CT molecular complexity index is 548. The van der Waals surface area contributed by atoms with E-state index < -0.39 is 10.0 Å². The molecule has 20 heavy (non-hydrogen) atoms. The van der Waals surface area contributed by atoms with E-state index in [0.717, 1.165) is 12.8 Å². The molecule has 2 unspecified atom stereocenters. The van der Waals surface area contributed by atoms with Crippen LogP contribution in [0.5, 0.6) is 0 Å². The molecule has 6 nitrogen and oxygen atoms in total. The number of rotatable bonds is 6. The largest absolute Gasteiger partial charge is 0.387 e. The number of anilines is 1. The van der Waals surface area contributed by atoms with Crippen molar-refractivity contribution in [1.82, 2.24) is 9.71 Å². The summed E-state index contributed by atoms with van der Waals surface area (Å²) in [6.07, 6.45) is 4.86. The lowest BCUT2D eigenvalue weighted by molar-refractivity contribution is 0.0884. The van der Waals surface area contributed by atoms with Crippen molar-refractivity contribution in [2.75, 3.05) is 25.5 Å². The number of nitrogens with zero attached hydrogens (tertiary/aromatic N) is 1. The third kappa shape index (κ3) is 3.28. The summed E-state index contributed by atoms with van der Waals surface area (Å²) in [5.41, 5.74) is 0.544. The lowest BCUT2D eigenvalue weighted by Gasteiger charge is -2.18. The Morgan fingerprint density at radius 3 is 3.00 bits per heavy atom. The molecule has 2 atom stereocenters. The van der Waals surface area contributed by atoms with Crippen molar-refractivity contribution in [3.8, 4) is 0 Å². The lowest BCUT2D eigenvalue weighted by atomic mass is 10.0. The SMILES string of the molecule is CCC1OCCC1CNS(=O)(=O)c1cnccc1NC. The molecule has 2 N–H and O–H groups in total. The van der Waals surface area contributed by atoms with Gasteiger partial charge in [-0.1, -0.05) is 6.92 Å². The summed E-state index contributed by atoms with van der Waals surface area (Å²) in [4.78, 5) is 4.06. The van der Waals surface area contributed by atoms with E-state index in [1.54, 1.807) is 19.3 Å². The van der Waals surface area contributed by atoms with Crippen LogP contribution in [0.15, 0.2) is 23.4 Å². The number of sulfonamides is 1. The summed E-state index contributed by atoms with van der Waals surface area (Å²) >= 11 is 0. The fourth-order valence-corrected chi connectivity index (χ4v) is 3.72. The van der Waals surface area contributed by atoms with Crippen LogP contribution < -0.4 is 10.0 Å². The lowest BCUT2D eigenvalue weighted by Crippen LogP contribution is -2.33. The third-order valence-corrected chi connectivity index (χ3v) is 5.08. The number of nitrogens with one attached hydrogen (secondary N) is 2. The zero-order valence-electron chi connectivity index (χ0n) is 11.8. The molecule has 7 heteroatoms. The molecule has 1 aromatic rings. The molecule has 2 rings (SSSR count). The van der Waals surface area contributed by atoms with Crippen LogP contribution in [-0.2, 0) is 14.8 Å². The molecule has 0 radical (unpaired) electrons. The monoisotopic (exact) mass is 299 g/mol. The van der Waals surface area contributed by atoms with Crippen molar-refractivity contribution in [3.05, 3.63) is 18.5 Å². The molecule has 2 heterocycles. The molecule has 0 amide bonds. The fraction of sp³-hybridized carbons (Fsp3) is 0.615. The van der Waals surface area contributed by atoms with Crippen molar-refractivity contribution in [2.45, 2.75) is 30.8 Å². The minimum absolute atomic E-state index is 0.148. The number of ether oxygens (including phenoxy) is 1. The Balaban J connectivity index is 2.08. The van der Waals surface area contributed by atoms with Gasteiger partial charge in [0.1, 0.15) is 4.90 Å². The third-order valence-electron chi connectivity index (χ3n) is 3.63. The highest BCUT2D eigenvalue weighted by atomic mass is 32.2. The van der Waals surface area contributed by atoms with Gasteiger partial charge in [0.15, 0.2) is 0 Å². The molecular formula is C13H21N3O3S. The maximum Gasteiger partial charge on any atom is 0.244 e. The van der Waals surface area contributed by atoms with Gasteiger partial charge in [-0.2, -0.15) is 0 Å². The van der Waals surface area contributed by atoms with Crippen molar-refractivity contribution < 1.29 is 13.2 Å². The van der Waals surface area contributed by atoms with E-state index in [0.29, 0.717) is 18.8 Å². The maximum absolute atomic E-state index is 12.3. The van der Waals surface area contributed by atoms with E-state index >= 15 is 0 Å². The van der Waals surface area contributed by atoms with Gasteiger partial charge in [-0.15, -0.1) is 0 Å². The molecule has 0 spiro atoms. The van der Waals surface area contributed by atoms with Gasteiger partial charge in [-0.25, -0.2) is 13.1 Å². The van der Waals surface area contributed by atoms with Crippen molar-refractivity contribution >= 4 is 15.7 Å². The van der Waals surface area contributed by atoms with E-state index in [2.05, 4.69) is 21.9 Å². The Labute approximate surface area is 120 Å². The van der Waals surface area contributed by atoms with Gasteiger partial charge in [0.25, 0.3) is 0 Å². The molecular weight excluding hydrogens is 278 g/mol. The van der Waals surface area contributed by atoms with Gasteiger partial charge < -0.3 is 10.1 Å². The fourth-order valence-electron chi connectivity index (χ4n) is 2.47. The van der Waals surface area contributed by atoms with Crippen molar-refractivity contribution in [2.24, 2.45) is 5.92 Å². The standard InChI is InChI=1S/C13H21N3O3S/c1-3-12-10(5-7-19-12)8-16-20(17,18)13-9-15-6-4-11(13)14-2/h4,6,9-10,12,16H,3,5,7-8H2,1-2H3,(H,14,15). The van der Waals surface area contributed by atoms with Gasteiger partial charge in [0.05, 0.1) is 11.8 Å². The summed E-state index contributed by atoms with van der Waals surface area (Å²) in [7, 11) is -1.87. The first-order valence-corrected chi connectivity index (χ1v) is 8.29. The number of aromatic nitrogens is 1. The van der Waals surface area contributed by atoms with Crippen molar-refractivity contribution in [3.63, 3.8) is 0 Å². The van der Waals surface area contributed by atoms with Crippen LogP contribution in [0.1, 0.15) is 19.8 Å². The van der Waals surface area contributed by atoms with Crippen LogP contribution in [0.25, 0.3) is 0 Å². The molecule has 1 aromatic heterocycles. The minimum atomic E-state index is -3.55. The molecule has 0 aromatic carbocycles. The van der Waals surface area contributed by atoms with Gasteiger partial charge in [0.2, 0.25) is 10.0 Å². The minimum Gasteiger partial charge on any atom is -0.387 e. The highest BCUT2D eigenvalue weighted by Crippen LogP contribution is 2.24. The van der Waals surface area contributed by atoms with Crippen LogP contribution in [-0.4, -0.2) is 39.7 Å². The Kier molecular flexibility index (Phi) is 4.95. The van der Waals surface area contributed by atoms with Gasteiger partial charge in [-0.05, 0) is 18.9 Å². The predicted molar refractivity (Wildman–Crippen MR) is 77.1 cm³/mol. The average Bonchev–Trinajstić information content (AvgIpc) is 2.92. The van der Waals surface area contributed by atoms with Crippen LogP contribution in [0.3, 0.4) is 0 Å². The van der Waals surface area contributed by atoms with Gasteiger partial charge in [-0.3, -0.25) is 4.98 Å². The first kappa shape index (κ1) is 15.2. The Morgan fingerprint density at radius 2 is 2.30 bits per heavy atom. The summed E-state index contributed by atoms with van der Waals surface area (Å²) in [6, 6.07) is 1.64. The number of pyridine rings is 1. The second-order valence-electron chi connectivity index (χ2n) is 4.84. The zero-order chi connectivity index (χ0) is 14.6. The number of hydrogen-bond donors (Lipinski definition) is 2. The van der Waals surface area contributed by atoms with E-state index in [1.165, 1.54) is 6.20 Å². The Morgan fingerprint density at radius 1 is 1.50 bits per heavy atom. The summed E-state index contributed by atoms with van der Waals surface area (Å²) in [5, 5.41) is 2.87. The normalized spacial score (nSPS) is 22.9. The highest BCUT2D eigenvalue weighted by Gasteiger charge is 2.28. The second-order valence-corrected chi connectivity index (χ2v) is 6.58. The molecule has 0 saturated carbocycles. The topological polar surface area (TPSA) is 80.3 Å². The van der Waals surface area contributed by atoms with E-state index in [1.807, 2.05) is 0 Å². The molecule has 1 fully saturated rings. The average molecular weight is 299 g/mol. The summed E-state index contributed by atoms with van der Waals surface area (Å²) in [5.74, 6) is 0.240. The van der Waals surface area contributed by atoms with Crippen LogP contribution in [0, 0.1) is 5.92 Å². The first-order chi connectivity index (χ1) is 9.58. The van der Waals surface area contributed by atoms with Crippen LogP contribution in [0.2, 0.25) is 0 Å². The second kappa shape index (κ2) is 6.51. The molecule has 1 aliphatic heterocycles. The van der Waals surface area contributed by atoms with Crippen molar-refractivity contribution in [1.29, 1.82) is 0 Å². The highest BCUT2D eigenvalue weighted by molar-refractivity contribution is 7.89. The Hall–Kier alpha value is -1.18. The van der Waals surface area contributed by atoms with Gasteiger partial charge >= 0.3 is 0 Å². The van der Waals surface area contributed by atoms with E-state index in [4.69, 9.17) is 4.74 Å². The number of hydrogen-bond acceptors (Lipinski definition) is 5.